The van der Waals surface area contributed by atoms with Gasteiger partial charge >= 0.3 is 12.1 Å². The van der Waals surface area contributed by atoms with Gasteiger partial charge in [0, 0.05) is 13.0 Å². The van der Waals surface area contributed by atoms with Gasteiger partial charge in [-0.3, -0.25) is 10.1 Å². The molecule has 0 saturated heterocycles. The van der Waals surface area contributed by atoms with Gasteiger partial charge < -0.3 is 9.30 Å². The first kappa shape index (κ1) is 18.4. The van der Waals surface area contributed by atoms with Crippen LogP contribution in [0.3, 0.4) is 0 Å². The molecule has 0 aliphatic carbocycles. The largest absolute Gasteiger partial charge is 0.461 e. The van der Waals surface area contributed by atoms with E-state index < -0.39 is 28.6 Å². The van der Waals surface area contributed by atoms with Crippen molar-refractivity contribution in [3.63, 3.8) is 0 Å². The Labute approximate surface area is 150 Å². The number of aryl methyl sites for hydroxylation is 1. The van der Waals surface area contributed by atoms with E-state index in [-0.39, 0.29) is 28.8 Å². The average molecular weight is 388 g/mol. The second-order valence-electron chi connectivity index (χ2n) is 5.54. The van der Waals surface area contributed by atoms with Gasteiger partial charge in [-0.25, -0.2) is 14.8 Å². The Balaban J connectivity index is 1.87. The molecule has 26 heavy (non-hydrogen) atoms. The molecule has 3 heterocycles. The topological polar surface area (TPSA) is 86.1 Å². The predicted octanol–water partition coefficient (Wildman–Crippen LogP) is 3.12. The normalized spacial score (nSPS) is 14.0. The van der Waals surface area contributed by atoms with Crippen molar-refractivity contribution in [3.05, 3.63) is 28.3 Å². The molecule has 0 unspecified atom stereocenters. The molecular weight excluding hydrogens is 373 g/mol. The molecule has 0 spiro atoms. The number of nitrogens with zero attached hydrogens (tertiary/aromatic N) is 3. The number of thiazole rings is 1. The van der Waals surface area contributed by atoms with Crippen LogP contribution in [0.5, 0.6) is 0 Å². The SMILES string of the molecule is CCOC(=O)c1nc(NC(=O)c2cnc3n2CCCC3)sc1C(F)(F)F. The first-order valence-corrected chi connectivity index (χ1v) is 8.73. The average Bonchev–Trinajstić information content (AvgIpc) is 3.18. The Hall–Kier alpha value is -2.43. The summed E-state index contributed by atoms with van der Waals surface area (Å²) in [6, 6.07) is 0. The smallest absolute Gasteiger partial charge is 0.428 e. The summed E-state index contributed by atoms with van der Waals surface area (Å²) in [6.07, 6.45) is -0.774. The van der Waals surface area contributed by atoms with Crippen LogP contribution in [-0.4, -0.2) is 33.0 Å². The number of fused-ring (bicyclic) bond motifs is 1. The number of anilines is 1. The number of hydrogen-bond donors (Lipinski definition) is 1. The third-order valence-corrected chi connectivity index (χ3v) is 4.79. The number of nitrogens with one attached hydrogen (secondary N) is 1. The molecule has 1 aliphatic heterocycles. The van der Waals surface area contributed by atoms with E-state index in [1.807, 2.05) is 0 Å². The molecule has 1 amide bonds. The van der Waals surface area contributed by atoms with Gasteiger partial charge in [-0.15, -0.1) is 0 Å². The number of rotatable bonds is 4. The maximum atomic E-state index is 13.1. The summed E-state index contributed by atoms with van der Waals surface area (Å²) in [5, 5.41) is 2.00. The van der Waals surface area contributed by atoms with Crippen LogP contribution < -0.4 is 5.32 Å². The third-order valence-electron chi connectivity index (χ3n) is 3.78. The third kappa shape index (κ3) is 3.57. The second-order valence-corrected chi connectivity index (χ2v) is 6.54. The highest BCUT2D eigenvalue weighted by atomic mass is 32.1. The van der Waals surface area contributed by atoms with Gasteiger partial charge in [-0.05, 0) is 19.8 Å². The lowest BCUT2D eigenvalue weighted by Crippen LogP contribution is -2.20. The zero-order chi connectivity index (χ0) is 18.9. The van der Waals surface area contributed by atoms with Crippen LogP contribution >= 0.6 is 11.3 Å². The van der Waals surface area contributed by atoms with Gasteiger partial charge in [0.05, 0.1) is 12.8 Å². The number of amides is 1. The fraction of sp³-hybridized carbons (Fsp3) is 0.467. The van der Waals surface area contributed by atoms with Crippen molar-refractivity contribution in [2.45, 2.75) is 38.9 Å². The van der Waals surface area contributed by atoms with Crippen molar-refractivity contribution in [1.82, 2.24) is 14.5 Å². The molecule has 2 aromatic rings. The van der Waals surface area contributed by atoms with E-state index in [0.717, 1.165) is 25.1 Å². The molecule has 7 nitrogen and oxygen atoms in total. The van der Waals surface area contributed by atoms with Crippen LogP contribution in [0.2, 0.25) is 0 Å². The van der Waals surface area contributed by atoms with Gasteiger partial charge in [0.2, 0.25) is 0 Å². The molecule has 0 atom stereocenters. The van der Waals surface area contributed by atoms with Crippen molar-refractivity contribution in [2.75, 3.05) is 11.9 Å². The molecule has 0 aromatic carbocycles. The summed E-state index contributed by atoms with van der Waals surface area (Å²) in [6.45, 7) is 2.01. The number of ether oxygens (including phenoxy) is 1. The number of hydrogen-bond acceptors (Lipinski definition) is 6. The summed E-state index contributed by atoms with van der Waals surface area (Å²) in [7, 11) is 0. The number of alkyl halides is 3. The maximum absolute atomic E-state index is 13.1. The van der Waals surface area contributed by atoms with Crippen LogP contribution in [0.4, 0.5) is 18.3 Å². The standard InChI is InChI=1S/C15H15F3N4O3S/c1-2-25-13(24)10-11(15(16,17)18)26-14(20-10)21-12(23)8-7-19-9-5-3-4-6-22(8)9/h7H,2-6H2,1H3,(H,20,21,23). The number of carbonyl (C=O) groups excluding carboxylic acids is 2. The van der Waals surface area contributed by atoms with Crippen molar-refractivity contribution in [3.8, 4) is 0 Å². The van der Waals surface area contributed by atoms with E-state index in [1.54, 1.807) is 4.57 Å². The fourth-order valence-corrected chi connectivity index (χ4v) is 3.48. The maximum Gasteiger partial charge on any atom is 0.428 e. The minimum Gasteiger partial charge on any atom is -0.461 e. The van der Waals surface area contributed by atoms with E-state index in [1.165, 1.54) is 13.1 Å². The quantitative estimate of drug-likeness (QED) is 0.814. The van der Waals surface area contributed by atoms with Crippen LogP contribution in [0, 0.1) is 0 Å². The summed E-state index contributed by atoms with van der Waals surface area (Å²) in [5.41, 5.74) is -0.601. The molecule has 0 fully saturated rings. The molecule has 0 bridgehead atoms. The number of aromatic nitrogens is 3. The van der Waals surface area contributed by atoms with Crippen LogP contribution in [-0.2, 0) is 23.9 Å². The van der Waals surface area contributed by atoms with Gasteiger partial charge in [0.15, 0.2) is 10.8 Å². The Kier molecular flexibility index (Phi) is 4.99. The van der Waals surface area contributed by atoms with Gasteiger partial charge in [0.1, 0.15) is 16.4 Å². The molecular formula is C15H15F3N4O3S. The zero-order valence-electron chi connectivity index (χ0n) is 13.7. The van der Waals surface area contributed by atoms with Crippen molar-refractivity contribution in [2.24, 2.45) is 0 Å². The second kappa shape index (κ2) is 7.06. The Morgan fingerprint density at radius 1 is 1.38 bits per heavy atom. The van der Waals surface area contributed by atoms with Crippen LogP contribution in [0.1, 0.15) is 51.4 Å². The Morgan fingerprint density at radius 3 is 2.85 bits per heavy atom. The van der Waals surface area contributed by atoms with Gasteiger partial charge in [0.25, 0.3) is 5.91 Å². The molecule has 3 rings (SSSR count). The molecule has 0 saturated carbocycles. The monoisotopic (exact) mass is 388 g/mol. The van der Waals surface area contributed by atoms with Crippen molar-refractivity contribution in [1.29, 1.82) is 0 Å². The summed E-state index contributed by atoms with van der Waals surface area (Å²) in [4.78, 5) is 30.7. The molecule has 140 valence electrons. The number of esters is 1. The highest BCUT2D eigenvalue weighted by Gasteiger charge is 2.40. The highest BCUT2D eigenvalue weighted by molar-refractivity contribution is 7.16. The lowest BCUT2D eigenvalue weighted by molar-refractivity contribution is -0.135. The molecule has 11 heteroatoms. The minimum atomic E-state index is -4.78. The number of carbonyl (C=O) groups is 2. The lowest BCUT2D eigenvalue weighted by atomic mass is 10.1. The lowest BCUT2D eigenvalue weighted by Gasteiger charge is -2.15. The number of halogens is 3. The van der Waals surface area contributed by atoms with Gasteiger partial charge in [-0.1, -0.05) is 11.3 Å². The minimum absolute atomic E-state index is 0.0860. The van der Waals surface area contributed by atoms with E-state index >= 15 is 0 Å². The summed E-state index contributed by atoms with van der Waals surface area (Å²) < 4.78 is 45.7. The van der Waals surface area contributed by atoms with E-state index in [2.05, 4.69) is 20.0 Å². The summed E-state index contributed by atoms with van der Waals surface area (Å²) in [5.74, 6) is -1.04. The first-order valence-electron chi connectivity index (χ1n) is 7.92. The molecule has 1 N–H and O–H groups in total. The van der Waals surface area contributed by atoms with Gasteiger partial charge in [-0.2, -0.15) is 13.2 Å². The van der Waals surface area contributed by atoms with Crippen molar-refractivity contribution >= 4 is 28.3 Å². The highest BCUT2D eigenvalue weighted by Crippen LogP contribution is 2.38. The zero-order valence-corrected chi connectivity index (χ0v) is 14.5. The molecule has 1 aliphatic rings. The van der Waals surface area contributed by atoms with E-state index in [9.17, 15) is 22.8 Å². The molecule has 2 aromatic heterocycles. The van der Waals surface area contributed by atoms with E-state index in [4.69, 9.17) is 0 Å². The Morgan fingerprint density at radius 2 is 2.15 bits per heavy atom. The van der Waals surface area contributed by atoms with E-state index in [0.29, 0.717) is 6.54 Å². The Bertz CT molecular complexity index is 844. The van der Waals surface area contributed by atoms with Crippen LogP contribution in [0.25, 0.3) is 0 Å². The fourth-order valence-electron chi connectivity index (χ4n) is 2.66. The molecule has 0 radical (unpaired) electrons. The van der Waals surface area contributed by atoms with Crippen LogP contribution in [0.15, 0.2) is 6.20 Å². The number of imidazole rings is 1. The first-order chi connectivity index (χ1) is 12.3. The predicted molar refractivity (Wildman–Crippen MR) is 86.2 cm³/mol. The summed E-state index contributed by atoms with van der Waals surface area (Å²) >= 11 is 0.185. The van der Waals surface area contributed by atoms with Crippen molar-refractivity contribution < 1.29 is 27.5 Å².